The van der Waals surface area contributed by atoms with Crippen molar-refractivity contribution >= 4 is 11.9 Å². The van der Waals surface area contributed by atoms with Crippen LogP contribution in [0.25, 0.3) is 0 Å². The number of carbonyl (C=O) groups is 2. The summed E-state index contributed by atoms with van der Waals surface area (Å²) in [5.74, 6) is -0.284. The van der Waals surface area contributed by atoms with Crippen molar-refractivity contribution < 1.29 is 14.3 Å². The molecule has 0 spiro atoms. The summed E-state index contributed by atoms with van der Waals surface area (Å²) in [5, 5.41) is 2.85. The van der Waals surface area contributed by atoms with E-state index in [2.05, 4.69) is 15.0 Å². The average Bonchev–Trinajstić information content (AvgIpc) is 2.42. The number of carbonyl (C=O) groups excluding carboxylic acids is 2. The fraction of sp³-hybridized carbons (Fsp3) is 0.500. The van der Waals surface area contributed by atoms with E-state index >= 15 is 0 Å². The first-order chi connectivity index (χ1) is 9.15. The van der Waals surface area contributed by atoms with Gasteiger partial charge in [0.15, 0.2) is 0 Å². The molecular weight excluding hydrogens is 244 g/mol. The number of esters is 1. The van der Waals surface area contributed by atoms with Gasteiger partial charge in [-0.05, 0) is 31.9 Å². The Kier molecular flexibility index (Phi) is 6.57. The third-order valence-electron chi connectivity index (χ3n) is 2.82. The monoisotopic (exact) mass is 264 g/mol. The molecule has 0 radical (unpaired) electrons. The first-order valence-electron chi connectivity index (χ1n) is 6.41. The second-order valence-electron chi connectivity index (χ2n) is 4.28. The minimum atomic E-state index is -0.185. The Hall–Kier alpha value is -1.91. The summed E-state index contributed by atoms with van der Waals surface area (Å²) >= 11 is 0. The number of aromatic nitrogens is 1. The number of nitrogens with zero attached hydrogens (tertiary/aromatic N) is 1. The van der Waals surface area contributed by atoms with Crippen LogP contribution >= 0.6 is 0 Å². The molecule has 0 unspecified atom stereocenters. The van der Waals surface area contributed by atoms with Crippen molar-refractivity contribution in [1.29, 1.82) is 0 Å². The number of pyridine rings is 1. The van der Waals surface area contributed by atoms with Crippen LogP contribution in [0.2, 0.25) is 0 Å². The molecule has 0 aliphatic heterocycles. The molecule has 1 aromatic heterocycles. The van der Waals surface area contributed by atoms with Gasteiger partial charge >= 0.3 is 5.97 Å². The number of amides is 1. The molecule has 104 valence electrons. The van der Waals surface area contributed by atoms with Gasteiger partial charge in [0, 0.05) is 24.9 Å². The number of ether oxygens (including phenoxy) is 1. The number of hydrogen-bond acceptors (Lipinski definition) is 4. The lowest BCUT2D eigenvalue weighted by molar-refractivity contribution is -0.140. The molecule has 1 N–H and O–H groups in total. The third-order valence-corrected chi connectivity index (χ3v) is 2.82. The highest BCUT2D eigenvalue weighted by Gasteiger charge is 2.07. The fourth-order valence-electron chi connectivity index (χ4n) is 1.69. The van der Waals surface area contributed by atoms with Crippen molar-refractivity contribution in [3.8, 4) is 0 Å². The number of hydrogen-bond donors (Lipinski definition) is 1. The Labute approximate surface area is 113 Å². The van der Waals surface area contributed by atoms with Crippen molar-refractivity contribution in [2.75, 3.05) is 13.7 Å². The maximum absolute atomic E-state index is 11.8. The number of aryl methyl sites for hydroxylation is 1. The Morgan fingerprint density at radius 3 is 2.79 bits per heavy atom. The molecule has 0 saturated heterocycles. The Bertz CT molecular complexity index is 432. The van der Waals surface area contributed by atoms with Crippen LogP contribution in [-0.2, 0) is 9.53 Å². The Morgan fingerprint density at radius 1 is 1.32 bits per heavy atom. The molecule has 19 heavy (non-hydrogen) atoms. The molecule has 1 heterocycles. The van der Waals surface area contributed by atoms with Crippen LogP contribution in [0.3, 0.4) is 0 Å². The third kappa shape index (κ3) is 5.50. The van der Waals surface area contributed by atoms with Gasteiger partial charge in [0.1, 0.15) is 0 Å². The molecule has 0 bridgehead atoms. The van der Waals surface area contributed by atoms with E-state index < -0.39 is 0 Å². The summed E-state index contributed by atoms with van der Waals surface area (Å²) in [4.78, 5) is 26.8. The lowest BCUT2D eigenvalue weighted by atomic mass is 10.1. The van der Waals surface area contributed by atoms with Crippen molar-refractivity contribution in [3.05, 3.63) is 29.6 Å². The van der Waals surface area contributed by atoms with Gasteiger partial charge in [-0.3, -0.25) is 14.6 Å². The lowest BCUT2D eigenvalue weighted by Crippen LogP contribution is -2.25. The van der Waals surface area contributed by atoms with Gasteiger partial charge in [-0.25, -0.2) is 0 Å². The topological polar surface area (TPSA) is 68.3 Å². The first kappa shape index (κ1) is 15.1. The van der Waals surface area contributed by atoms with Gasteiger partial charge in [0.25, 0.3) is 5.91 Å². The normalized spacial score (nSPS) is 10.0. The largest absolute Gasteiger partial charge is 0.469 e. The minimum absolute atomic E-state index is 0.0985. The van der Waals surface area contributed by atoms with Crippen LogP contribution < -0.4 is 5.32 Å². The summed E-state index contributed by atoms with van der Waals surface area (Å²) in [6, 6.07) is 3.51. The summed E-state index contributed by atoms with van der Waals surface area (Å²) in [6.07, 6.45) is 4.63. The second kappa shape index (κ2) is 8.24. The molecule has 0 atom stereocenters. The highest BCUT2D eigenvalue weighted by atomic mass is 16.5. The summed E-state index contributed by atoms with van der Waals surface area (Å²) < 4.78 is 4.55. The molecule has 0 aliphatic rings. The Balaban J connectivity index is 2.18. The molecule has 5 heteroatoms. The average molecular weight is 264 g/mol. The highest BCUT2D eigenvalue weighted by molar-refractivity contribution is 5.95. The van der Waals surface area contributed by atoms with E-state index in [1.807, 2.05) is 6.92 Å². The summed E-state index contributed by atoms with van der Waals surface area (Å²) in [5.41, 5.74) is 1.34. The van der Waals surface area contributed by atoms with Crippen LogP contribution in [-0.4, -0.2) is 30.5 Å². The number of nitrogens with one attached hydrogen (secondary N) is 1. The van der Waals surface area contributed by atoms with Crippen LogP contribution in [0.15, 0.2) is 18.3 Å². The molecule has 0 saturated carbocycles. The first-order valence-corrected chi connectivity index (χ1v) is 6.41. The van der Waals surface area contributed by atoms with E-state index in [1.54, 1.807) is 18.3 Å². The molecule has 0 aliphatic carbocycles. The quantitative estimate of drug-likeness (QED) is 0.603. The van der Waals surface area contributed by atoms with E-state index in [1.165, 1.54) is 7.11 Å². The lowest BCUT2D eigenvalue weighted by Gasteiger charge is -2.06. The van der Waals surface area contributed by atoms with E-state index in [-0.39, 0.29) is 11.9 Å². The zero-order valence-corrected chi connectivity index (χ0v) is 11.4. The SMILES string of the molecule is COC(=O)CCCCCNC(=O)c1cccnc1C. The van der Waals surface area contributed by atoms with E-state index in [4.69, 9.17) is 0 Å². The molecule has 1 aromatic rings. The van der Waals surface area contributed by atoms with Gasteiger partial charge in [0.05, 0.1) is 12.7 Å². The maximum Gasteiger partial charge on any atom is 0.305 e. The second-order valence-corrected chi connectivity index (χ2v) is 4.28. The van der Waals surface area contributed by atoms with Crippen LogP contribution in [0.5, 0.6) is 0 Å². The number of rotatable bonds is 7. The molecule has 0 fully saturated rings. The Morgan fingerprint density at radius 2 is 2.11 bits per heavy atom. The van der Waals surface area contributed by atoms with Gasteiger partial charge in [0.2, 0.25) is 0 Å². The zero-order chi connectivity index (χ0) is 14.1. The summed E-state index contributed by atoms with van der Waals surface area (Å²) in [6.45, 7) is 2.42. The van der Waals surface area contributed by atoms with Crippen LogP contribution in [0, 0.1) is 6.92 Å². The smallest absolute Gasteiger partial charge is 0.305 e. The maximum atomic E-state index is 11.8. The van der Waals surface area contributed by atoms with E-state index in [0.29, 0.717) is 18.5 Å². The van der Waals surface area contributed by atoms with Crippen LogP contribution in [0.1, 0.15) is 41.7 Å². The predicted molar refractivity (Wildman–Crippen MR) is 71.8 cm³/mol. The fourth-order valence-corrected chi connectivity index (χ4v) is 1.69. The van der Waals surface area contributed by atoms with Crippen molar-refractivity contribution in [2.24, 2.45) is 0 Å². The van der Waals surface area contributed by atoms with Gasteiger partial charge in [-0.2, -0.15) is 0 Å². The molecule has 1 amide bonds. The predicted octanol–water partition coefficient (Wildman–Crippen LogP) is 1.85. The minimum Gasteiger partial charge on any atom is -0.469 e. The van der Waals surface area contributed by atoms with Crippen LogP contribution in [0.4, 0.5) is 0 Å². The van der Waals surface area contributed by atoms with E-state index in [9.17, 15) is 9.59 Å². The van der Waals surface area contributed by atoms with Gasteiger partial charge in [-0.15, -0.1) is 0 Å². The molecule has 1 rings (SSSR count). The van der Waals surface area contributed by atoms with Crippen molar-refractivity contribution in [1.82, 2.24) is 10.3 Å². The molecule has 0 aromatic carbocycles. The number of unbranched alkanes of at least 4 members (excludes halogenated alkanes) is 2. The van der Waals surface area contributed by atoms with Gasteiger partial charge in [-0.1, -0.05) is 6.42 Å². The van der Waals surface area contributed by atoms with Gasteiger partial charge < -0.3 is 10.1 Å². The highest BCUT2D eigenvalue weighted by Crippen LogP contribution is 2.04. The molecular formula is C14H20N2O3. The van der Waals surface area contributed by atoms with Crippen molar-refractivity contribution in [2.45, 2.75) is 32.6 Å². The molecule has 5 nitrogen and oxygen atoms in total. The zero-order valence-electron chi connectivity index (χ0n) is 11.4. The van der Waals surface area contributed by atoms with E-state index in [0.717, 1.165) is 25.0 Å². The standard InChI is InChI=1S/C14H20N2O3/c1-11-12(7-6-10-15-11)14(18)16-9-5-3-4-8-13(17)19-2/h6-7,10H,3-5,8-9H2,1-2H3,(H,16,18). The van der Waals surface area contributed by atoms with Crippen molar-refractivity contribution in [3.63, 3.8) is 0 Å². The summed E-state index contributed by atoms with van der Waals surface area (Å²) in [7, 11) is 1.39. The number of methoxy groups -OCH3 is 1.